The highest BCUT2D eigenvalue weighted by Gasteiger charge is 2.25. The van der Waals surface area contributed by atoms with E-state index >= 15 is 0 Å². The highest BCUT2D eigenvalue weighted by Crippen LogP contribution is 2.20. The predicted octanol–water partition coefficient (Wildman–Crippen LogP) is 2.79. The zero-order valence-corrected chi connectivity index (χ0v) is 17.4. The van der Waals surface area contributed by atoms with E-state index in [9.17, 15) is 14.0 Å². The van der Waals surface area contributed by atoms with Crippen LogP contribution in [0.3, 0.4) is 0 Å². The van der Waals surface area contributed by atoms with Gasteiger partial charge in [-0.25, -0.2) is 9.40 Å². The Kier molecular flexibility index (Phi) is 7.36. The molecule has 3 rings (SSSR count). The zero-order valence-electron chi connectivity index (χ0n) is 17.4. The van der Waals surface area contributed by atoms with Gasteiger partial charge in [-0.1, -0.05) is 26.0 Å². The number of hydrazone groups is 1. The monoisotopic (exact) mass is 402 g/mol. The molecule has 2 aliphatic rings. The fraction of sp³-hybridized carbons (Fsp3) is 0.591. The van der Waals surface area contributed by atoms with Crippen molar-refractivity contribution < 1.29 is 14.0 Å². The van der Waals surface area contributed by atoms with E-state index in [1.807, 2.05) is 0 Å². The second-order valence-corrected chi connectivity index (χ2v) is 8.44. The second-order valence-electron chi connectivity index (χ2n) is 8.44. The number of carbonyl (C=O) groups excluding carboxylic acids is 2. The van der Waals surface area contributed by atoms with Gasteiger partial charge in [-0.05, 0) is 48.9 Å². The van der Waals surface area contributed by atoms with Crippen LogP contribution in [0.2, 0.25) is 0 Å². The summed E-state index contributed by atoms with van der Waals surface area (Å²) in [5.41, 5.74) is 1.15. The van der Waals surface area contributed by atoms with Gasteiger partial charge in [0, 0.05) is 32.5 Å². The van der Waals surface area contributed by atoms with Gasteiger partial charge in [-0.15, -0.1) is 0 Å². The Morgan fingerprint density at radius 3 is 2.55 bits per heavy atom. The van der Waals surface area contributed by atoms with Crippen molar-refractivity contribution >= 4 is 17.5 Å². The van der Waals surface area contributed by atoms with Crippen LogP contribution in [0.5, 0.6) is 0 Å². The molecular weight excluding hydrogens is 371 g/mol. The molecule has 0 saturated carbocycles. The van der Waals surface area contributed by atoms with Crippen molar-refractivity contribution in [2.75, 3.05) is 26.2 Å². The topological polar surface area (TPSA) is 65.0 Å². The van der Waals surface area contributed by atoms with Gasteiger partial charge in [-0.3, -0.25) is 9.59 Å². The van der Waals surface area contributed by atoms with Crippen molar-refractivity contribution in [3.63, 3.8) is 0 Å². The fourth-order valence-electron chi connectivity index (χ4n) is 4.23. The normalized spacial score (nSPS) is 23.1. The number of nitrogens with zero attached hydrogens (tertiary/aromatic N) is 3. The number of hydrogen-bond donors (Lipinski definition) is 1. The average Bonchev–Trinajstić information content (AvgIpc) is 2.68. The molecule has 0 spiro atoms. The maximum absolute atomic E-state index is 13.1. The second kappa shape index (κ2) is 9.96. The number of piperidine rings is 1. The molecule has 7 heteroatoms. The van der Waals surface area contributed by atoms with E-state index in [1.165, 1.54) is 23.6 Å². The first-order chi connectivity index (χ1) is 13.9. The number of benzene rings is 1. The maximum Gasteiger partial charge on any atom is 0.267 e. The van der Waals surface area contributed by atoms with E-state index in [-0.39, 0.29) is 30.6 Å². The summed E-state index contributed by atoms with van der Waals surface area (Å²) in [7, 11) is 0. The molecule has 2 aliphatic heterocycles. The number of carbonyl (C=O) groups is 2. The Morgan fingerprint density at radius 1 is 1.17 bits per heavy atom. The molecule has 29 heavy (non-hydrogen) atoms. The Bertz CT molecular complexity index is 740. The number of amides is 2. The van der Waals surface area contributed by atoms with Crippen molar-refractivity contribution in [2.24, 2.45) is 16.9 Å². The first kappa shape index (κ1) is 21.4. The van der Waals surface area contributed by atoms with Crippen LogP contribution in [-0.2, 0) is 16.1 Å². The van der Waals surface area contributed by atoms with Crippen molar-refractivity contribution in [1.82, 2.24) is 15.2 Å². The summed E-state index contributed by atoms with van der Waals surface area (Å²) >= 11 is 0. The van der Waals surface area contributed by atoms with E-state index in [2.05, 4.69) is 29.2 Å². The summed E-state index contributed by atoms with van der Waals surface area (Å²) in [4.78, 5) is 27.1. The Morgan fingerprint density at radius 2 is 1.86 bits per heavy atom. The standard InChI is InChI=1S/C22H31FN4O2/c1-16-12-17(2)14-26(13-16)11-3-10-24-22(29)20-8-9-21(28)27(25-20)15-18-4-6-19(23)7-5-18/h4-7,16-17H,3,8-15H2,1-2H3,(H,24,29). The van der Waals surface area contributed by atoms with Crippen LogP contribution >= 0.6 is 0 Å². The van der Waals surface area contributed by atoms with Crippen molar-refractivity contribution in [2.45, 2.75) is 46.1 Å². The molecule has 0 aromatic heterocycles. The number of rotatable bonds is 7. The zero-order chi connectivity index (χ0) is 20.8. The molecule has 158 valence electrons. The molecule has 1 fully saturated rings. The van der Waals surface area contributed by atoms with E-state index in [4.69, 9.17) is 0 Å². The van der Waals surface area contributed by atoms with Crippen LogP contribution in [0.25, 0.3) is 0 Å². The van der Waals surface area contributed by atoms with E-state index in [0.29, 0.717) is 18.7 Å². The molecule has 1 saturated heterocycles. The average molecular weight is 403 g/mol. The van der Waals surface area contributed by atoms with Crippen LogP contribution in [0, 0.1) is 17.7 Å². The molecule has 2 unspecified atom stereocenters. The van der Waals surface area contributed by atoms with Gasteiger partial charge < -0.3 is 10.2 Å². The highest BCUT2D eigenvalue weighted by atomic mass is 19.1. The third-order valence-electron chi connectivity index (χ3n) is 5.49. The summed E-state index contributed by atoms with van der Waals surface area (Å²) in [6, 6.07) is 5.94. The first-order valence-corrected chi connectivity index (χ1v) is 10.5. The van der Waals surface area contributed by atoms with Crippen LogP contribution < -0.4 is 5.32 Å². The van der Waals surface area contributed by atoms with Crippen LogP contribution in [0.1, 0.15) is 45.1 Å². The lowest BCUT2D eigenvalue weighted by Crippen LogP contribution is -2.41. The summed E-state index contributed by atoms with van der Waals surface area (Å²) in [6.07, 6.45) is 2.81. The van der Waals surface area contributed by atoms with Gasteiger partial charge in [0.05, 0.1) is 6.54 Å². The number of hydrogen-bond acceptors (Lipinski definition) is 4. The SMILES string of the molecule is CC1CC(C)CN(CCCNC(=O)C2=NN(Cc3ccc(F)cc3)C(=O)CC2)C1. The number of likely N-dealkylation sites (tertiary alicyclic amines) is 1. The minimum Gasteiger partial charge on any atom is -0.351 e. The molecule has 1 aromatic carbocycles. The lowest BCUT2D eigenvalue weighted by atomic mass is 9.92. The van der Waals surface area contributed by atoms with E-state index in [0.717, 1.165) is 43.5 Å². The van der Waals surface area contributed by atoms with E-state index < -0.39 is 0 Å². The molecule has 1 aromatic rings. The molecule has 0 radical (unpaired) electrons. The number of nitrogens with one attached hydrogen (secondary N) is 1. The van der Waals surface area contributed by atoms with Crippen LogP contribution in [-0.4, -0.2) is 53.6 Å². The van der Waals surface area contributed by atoms with Gasteiger partial charge in [0.1, 0.15) is 11.5 Å². The molecule has 2 amide bonds. The highest BCUT2D eigenvalue weighted by molar-refractivity contribution is 6.39. The molecule has 0 bridgehead atoms. The lowest BCUT2D eigenvalue weighted by Gasteiger charge is -2.34. The minimum absolute atomic E-state index is 0.126. The van der Waals surface area contributed by atoms with Crippen molar-refractivity contribution in [3.05, 3.63) is 35.6 Å². The Labute approximate surface area is 172 Å². The number of halogens is 1. The van der Waals surface area contributed by atoms with Gasteiger partial charge in [0.2, 0.25) is 5.91 Å². The molecule has 2 heterocycles. The van der Waals surface area contributed by atoms with E-state index in [1.54, 1.807) is 12.1 Å². The third-order valence-corrected chi connectivity index (χ3v) is 5.49. The lowest BCUT2D eigenvalue weighted by molar-refractivity contribution is -0.132. The van der Waals surface area contributed by atoms with Crippen molar-refractivity contribution in [1.29, 1.82) is 0 Å². The van der Waals surface area contributed by atoms with Gasteiger partial charge in [0.15, 0.2) is 0 Å². The molecular formula is C22H31FN4O2. The molecule has 1 N–H and O–H groups in total. The molecule has 0 aliphatic carbocycles. The Hall–Kier alpha value is -2.28. The maximum atomic E-state index is 13.1. The summed E-state index contributed by atoms with van der Waals surface area (Å²) in [5.74, 6) is 0.807. The van der Waals surface area contributed by atoms with Crippen molar-refractivity contribution in [3.8, 4) is 0 Å². The summed E-state index contributed by atoms with van der Waals surface area (Å²) < 4.78 is 13.1. The van der Waals surface area contributed by atoms with Crippen LogP contribution in [0.15, 0.2) is 29.4 Å². The molecule has 2 atom stereocenters. The Balaban J connectivity index is 1.46. The van der Waals surface area contributed by atoms with Crippen LogP contribution in [0.4, 0.5) is 4.39 Å². The largest absolute Gasteiger partial charge is 0.351 e. The predicted molar refractivity (Wildman–Crippen MR) is 111 cm³/mol. The minimum atomic E-state index is -0.323. The van der Waals surface area contributed by atoms with Gasteiger partial charge in [0.25, 0.3) is 5.91 Å². The molecule has 6 nitrogen and oxygen atoms in total. The van der Waals surface area contributed by atoms with Gasteiger partial charge >= 0.3 is 0 Å². The smallest absolute Gasteiger partial charge is 0.267 e. The third kappa shape index (κ3) is 6.35. The quantitative estimate of drug-likeness (QED) is 0.714. The summed E-state index contributed by atoms with van der Waals surface area (Å²) in [5, 5.41) is 8.50. The first-order valence-electron chi connectivity index (χ1n) is 10.5. The fourth-order valence-corrected chi connectivity index (χ4v) is 4.23. The summed E-state index contributed by atoms with van der Waals surface area (Å²) in [6.45, 7) is 8.67. The van der Waals surface area contributed by atoms with Gasteiger partial charge in [-0.2, -0.15) is 5.10 Å².